The lowest BCUT2D eigenvalue weighted by Gasteiger charge is -2.16. The van der Waals surface area contributed by atoms with E-state index in [2.05, 4.69) is 188 Å². The number of fused-ring (bicyclic) bond motifs is 8. The van der Waals surface area contributed by atoms with Crippen LogP contribution in [0.15, 0.2) is 165 Å². The molecule has 8 aromatic carbocycles. The molecule has 0 atom stereocenters. The number of para-hydroxylation sites is 1. The summed E-state index contributed by atoms with van der Waals surface area (Å²) in [4.78, 5) is 0. The molecule has 0 bridgehead atoms. The molecule has 0 aliphatic carbocycles. The zero-order valence-electron chi connectivity index (χ0n) is 35.2. The summed E-state index contributed by atoms with van der Waals surface area (Å²) < 4.78 is 21.2. The first-order chi connectivity index (χ1) is 28.9. The number of furan rings is 3. The van der Waals surface area contributed by atoms with Crippen LogP contribution >= 0.6 is 0 Å². The first-order valence-corrected chi connectivity index (χ1v) is 21.0. The lowest BCUT2D eigenvalue weighted by molar-refractivity contribution is 0.427. The van der Waals surface area contributed by atoms with Crippen LogP contribution in [0.2, 0.25) is 0 Å². The van der Waals surface area contributed by atoms with Crippen LogP contribution < -0.4 is 0 Å². The Morgan fingerprint density at radius 3 is 1.65 bits per heavy atom. The minimum absolute atomic E-state index is 0.207. The Morgan fingerprint density at radius 2 is 0.933 bits per heavy atom. The molecule has 60 heavy (non-hydrogen) atoms. The Kier molecular flexibility index (Phi) is 7.90. The van der Waals surface area contributed by atoms with Crippen molar-refractivity contribution in [2.45, 2.75) is 59.3 Å². The monoisotopic (exact) mass is 778 g/mol. The summed E-state index contributed by atoms with van der Waals surface area (Å²) in [7, 11) is 0. The lowest BCUT2D eigenvalue weighted by atomic mass is 9.85. The molecule has 0 unspecified atom stereocenters. The molecule has 3 nitrogen and oxygen atoms in total. The average molecular weight is 779 g/mol. The van der Waals surface area contributed by atoms with Gasteiger partial charge in [0.25, 0.3) is 0 Å². The third-order valence-corrected chi connectivity index (χ3v) is 12.3. The van der Waals surface area contributed by atoms with Gasteiger partial charge in [-0.05, 0) is 97.7 Å². The molecule has 0 amide bonds. The van der Waals surface area contributed by atoms with Gasteiger partial charge < -0.3 is 13.3 Å². The Hall–Kier alpha value is -6.84. The topological polar surface area (TPSA) is 39.4 Å². The van der Waals surface area contributed by atoms with E-state index in [1.54, 1.807) is 0 Å². The van der Waals surface area contributed by atoms with Gasteiger partial charge in [-0.1, -0.05) is 163 Å². The fourth-order valence-electron chi connectivity index (χ4n) is 9.54. The van der Waals surface area contributed by atoms with Gasteiger partial charge in [-0.25, -0.2) is 0 Å². The fraction of sp³-hybridized carbons (Fsp3) is 0.158. The van der Waals surface area contributed by atoms with Crippen LogP contribution in [0.1, 0.15) is 58.6 Å². The predicted octanol–water partition coefficient (Wildman–Crippen LogP) is 17.0. The van der Waals surface area contributed by atoms with Crippen LogP contribution in [0.3, 0.4) is 0 Å². The van der Waals surface area contributed by atoms with Crippen molar-refractivity contribution in [3.8, 4) is 44.7 Å². The van der Waals surface area contributed by atoms with Crippen molar-refractivity contribution < 1.29 is 13.3 Å². The first-order valence-electron chi connectivity index (χ1n) is 21.0. The van der Waals surface area contributed by atoms with E-state index in [1.807, 2.05) is 12.1 Å². The molecule has 3 aromatic heterocycles. The van der Waals surface area contributed by atoms with E-state index >= 15 is 0 Å². The zero-order chi connectivity index (χ0) is 41.1. The largest absolute Gasteiger partial charge is 0.460 e. The fourth-order valence-corrected chi connectivity index (χ4v) is 9.54. The average Bonchev–Trinajstić information content (AvgIpc) is 3.96. The van der Waals surface area contributed by atoms with Crippen molar-refractivity contribution in [1.82, 2.24) is 0 Å². The SMILES string of the molecule is Cc1c(C(C)(C)C)oc2c1cc(-c1ccc3ccccc3c1)c1c3oc(C(C)(C)C)c(-c4cc5ccccc5o4)c3cc(-c3ccc(-c4cccc5ccccc45)cc3)c21. The molecule has 0 N–H and O–H groups in total. The van der Waals surface area contributed by atoms with Crippen LogP contribution in [0.25, 0.3) is 110 Å². The molecule has 0 radical (unpaired) electrons. The summed E-state index contributed by atoms with van der Waals surface area (Å²) >= 11 is 0. The third kappa shape index (κ3) is 5.63. The molecule has 0 saturated carbocycles. The lowest BCUT2D eigenvalue weighted by Crippen LogP contribution is -2.10. The quantitative estimate of drug-likeness (QED) is 0.179. The van der Waals surface area contributed by atoms with Gasteiger partial charge in [0.05, 0.1) is 5.56 Å². The minimum atomic E-state index is -0.339. The summed E-state index contributed by atoms with van der Waals surface area (Å²) in [5.41, 5.74) is 11.0. The van der Waals surface area contributed by atoms with Gasteiger partial charge in [0, 0.05) is 37.8 Å². The summed E-state index contributed by atoms with van der Waals surface area (Å²) in [6, 6.07) is 54.7. The molecule has 0 spiro atoms. The second kappa shape index (κ2) is 13.1. The first kappa shape index (κ1) is 36.3. The smallest absolute Gasteiger partial charge is 0.143 e. The zero-order valence-corrected chi connectivity index (χ0v) is 35.2. The second-order valence-corrected chi connectivity index (χ2v) is 18.5. The predicted molar refractivity (Wildman–Crippen MR) is 252 cm³/mol. The molecule has 0 saturated heterocycles. The highest BCUT2D eigenvalue weighted by molar-refractivity contribution is 6.27. The molecular weight excluding hydrogens is 733 g/mol. The second-order valence-electron chi connectivity index (χ2n) is 18.5. The van der Waals surface area contributed by atoms with E-state index in [4.69, 9.17) is 13.3 Å². The maximum absolute atomic E-state index is 7.34. The van der Waals surface area contributed by atoms with Crippen LogP contribution in [-0.4, -0.2) is 0 Å². The minimum Gasteiger partial charge on any atom is -0.460 e. The van der Waals surface area contributed by atoms with Crippen molar-refractivity contribution in [1.29, 1.82) is 0 Å². The molecule has 0 aliphatic heterocycles. The molecule has 0 fully saturated rings. The Morgan fingerprint density at radius 1 is 0.383 bits per heavy atom. The third-order valence-electron chi connectivity index (χ3n) is 12.3. The van der Waals surface area contributed by atoms with E-state index in [0.717, 1.165) is 94.3 Å². The highest BCUT2D eigenvalue weighted by atomic mass is 16.4. The van der Waals surface area contributed by atoms with Gasteiger partial charge in [-0.2, -0.15) is 0 Å². The highest BCUT2D eigenvalue weighted by Gasteiger charge is 2.33. The molecule has 3 heteroatoms. The van der Waals surface area contributed by atoms with Crippen molar-refractivity contribution in [2.24, 2.45) is 0 Å². The highest BCUT2D eigenvalue weighted by Crippen LogP contribution is 2.52. The van der Waals surface area contributed by atoms with E-state index in [9.17, 15) is 0 Å². The van der Waals surface area contributed by atoms with Gasteiger partial charge in [0.15, 0.2) is 0 Å². The van der Waals surface area contributed by atoms with E-state index in [1.165, 1.54) is 32.7 Å². The van der Waals surface area contributed by atoms with Gasteiger partial charge in [-0.3, -0.25) is 0 Å². The standard InChI is InChI=1S/C57H46O3/c1-33-43-31-45(39-28-23-34-15-8-9-17-38(34)29-39)51-50(52(43)59-54(33)56(2,3)4)44(37-26-24-36(25-27-37)42-21-14-19-35-16-10-12-20-41(35)42)32-46-49(55(57(5,6)7)60-53(46)51)48-30-40-18-11-13-22-47(40)58-48/h8-32H,1-7H3. The molecule has 3 heterocycles. The van der Waals surface area contributed by atoms with Crippen LogP contribution in [0, 0.1) is 6.92 Å². The molecular formula is C57H46O3. The number of hydrogen-bond acceptors (Lipinski definition) is 3. The molecule has 292 valence electrons. The van der Waals surface area contributed by atoms with Gasteiger partial charge in [0.2, 0.25) is 0 Å². The summed E-state index contributed by atoms with van der Waals surface area (Å²) in [5.74, 6) is 2.68. The maximum Gasteiger partial charge on any atom is 0.143 e. The molecule has 11 rings (SSSR count). The number of hydrogen-bond donors (Lipinski definition) is 0. The van der Waals surface area contributed by atoms with Crippen LogP contribution in [-0.2, 0) is 10.8 Å². The van der Waals surface area contributed by atoms with Crippen molar-refractivity contribution >= 4 is 65.2 Å². The normalized spacial score (nSPS) is 12.6. The van der Waals surface area contributed by atoms with Gasteiger partial charge in [0.1, 0.15) is 34.0 Å². The van der Waals surface area contributed by atoms with Crippen molar-refractivity contribution in [3.63, 3.8) is 0 Å². The molecule has 11 aromatic rings. The van der Waals surface area contributed by atoms with Gasteiger partial charge >= 0.3 is 0 Å². The Labute approximate surface area is 349 Å². The number of aryl methyl sites for hydroxylation is 1. The van der Waals surface area contributed by atoms with Crippen LogP contribution in [0.4, 0.5) is 0 Å². The number of benzene rings is 8. The number of rotatable bonds is 4. The molecule has 0 aliphatic rings. The van der Waals surface area contributed by atoms with Crippen LogP contribution in [0.5, 0.6) is 0 Å². The van der Waals surface area contributed by atoms with E-state index in [-0.39, 0.29) is 10.8 Å². The Balaban J connectivity index is 1.30. The van der Waals surface area contributed by atoms with E-state index < -0.39 is 0 Å². The van der Waals surface area contributed by atoms with Crippen molar-refractivity contribution in [3.05, 3.63) is 169 Å². The van der Waals surface area contributed by atoms with Gasteiger partial charge in [-0.15, -0.1) is 0 Å². The summed E-state index contributed by atoms with van der Waals surface area (Å²) in [6.07, 6.45) is 0. The Bertz CT molecular complexity index is 3460. The van der Waals surface area contributed by atoms with Crippen molar-refractivity contribution in [2.75, 3.05) is 0 Å². The van der Waals surface area contributed by atoms with E-state index in [0.29, 0.717) is 0 Å². The summed E-state index contributed by atoms with van der Waals surface area (Å²) in [5, 5.41) is 10.1. The summed E-state index contributed by atoms with van der Waals surface area (Å²) in [6.45, 7) is 15.6. The maximum atomic E-state index is 7.34.